The molecule has 1 heterocycles. The molecule has 0 unspecified atom stereocenters. The molecule has 0 aliphatic carbocycles. The normalized spacial score (nSPS) is 16.3. The summed E-state index contributed by atoms with van der Waals surface area (Å²) in [5.41, 5.74) is 2.66. The average Bonchev–Trinajstić information content (AvgIpc) is 2.89. The van der Waals surface area contributed by atoms with Crippen LogP contribution in [0.25, 0.3) is 0 Å². The molecule has 2 aromatic carbocycles. The van der Waals surface area contributed by atoms with Gasteiger partial charge in [0.2, 0.25) is 5.91 Å². The quantitative estimate of drug-likeness (QED) is 0.455. The molecule has 0 bridgehead atoms. The van der Waals surface area contributed by atoms with E-state index >= 15 is 0 Å². The SMILES string of the molecule is COC(=O)C[C@H](C)[C@H](NC(=O)[C@@H]1Cc2ccccc2CN1C(=O)OCc1ccccc1)C(=O)OC. The summed E-state index contributed by atoms with van der Waals surface area (Å²) < 4.78 is 15.0. The number of nitrogens with zero attached hydrogens (tertiary/aromatic N) is 1. The summed E-state index contributed by atoms with van der Waals surface area (Å²) in [6.45, 7) is 1.89. The van der Waals surface area contributed by atoms with Crippen molar-refractivity contribution < 1.29 is 33.4 Å². The van der Waals surface area contributed by atoms with E-state index in [0.717, 1.165) is 16.7 Å². The lowest BCUT2D eigenvalue weighted by molar-refractivity contribution is -0.149. The van der Waals surface area contributed by atoms with Gasteiger partial charge in [0, 0.05) is 6.42 Å². The maximum atomic E-state index is 13.4. The van der Waals surface area contributed by atoms with Crippen LogP contribution in [-0.2, 0) is 48.2 Å². The van der Waals surface area contributed by atoms with E-state index in [0.29, 0.717) is 0 Å². The standard InChI is InChI=1S/C26H30N2O7/c1-17(13-22(29)33-2)23(25(31)34-3)27-24(30)21-14-19-11-7-8-12-20(19)15-28(21)26(32)35-16-18-9-5-4-6-10-18/h4-12,17,21,23H,13-16H2,1-3H3,(H,27,30)/t17-,21-,23-/m0/s1. The van der Waals surface area contributed by atoms with Gasteiger partial charge in [-0.15, -0.1) is 0 Å². The van der Waals surface area contributed by atoms with Crippen molar-refractivity contribution in [3.05, 3.63) is 71.3 Å². The van der Waals surface area contributed by atoms with Crippen molar-refractivity contribution in [3.63, 3.8) is 0 Å². The molecule has 0 saturated heterocycles. The lowest BCUT2D eigenvalue weighted by atomic mass is 9.92. The number of rotatable bonds is 8. The van der Waals surface area contributed by atoms with Gasteiger partial charge in [-0.25, -0.2) is 9.59 Å². The second-order valence-corrected chi connectivity index (χ2v) is 8.42. The highest BCUT2D eigenvalue weighted by atomic mass is 16.6. The van der Waals surface area contributed by atoms with E-state index in [4.69, 9.17) is 9.47 Å². The number of hydrogen-bond donors (Lipinski definition) is 1. The zero-order valence-electron chi connectivity index (χ0n) is 20.1. The Hall–Kier alpha value is -3.88. The van der Waals surface area contributed by atoms with Crippen molar-refractivity contribution in [2.75, 3.05) is 14.2 Å². The van der Waals surface area contributed by atoms with Gasteiger partial charge in [0.05, 0.1) is 27.2 Å². The Balaban J connectivity index is 1.80. The van der Waals surface area contributed by atoms with Crippen LogP contribution in [0.4, 0.5) is 4.79 Å². The molecule has 1 N–H and O–H groups in total. The van der Waals surface area contributed by atoms with E-state index in [2.05, 4.69) is 10.1 Å². The molecule has 1 aliphatic rings. The Labute approximate surface area is 204 Å². The fourth-order valence-corrected chi connectivity index (χ4v) is 4.03. The van der Waals surface area contributed by atoms with Crippen LogP contribution in [0.2, 0.25) is 0 Å². The molecule has 1 aliphatic heterocycles. The molecule has 2 amide bonds. The Morgan fingerprint density at radius 1 is 0.971 bits per heavy atom. The van der Waals surface area contributed by atoms with Crippen LogP contribution in [0, 0.1) is 5.92 Å². The summed E-state index contributed by atoms with van der Waals surface area (Å²) in [7, 11) is 2.45. The van der Waals surface area contributed by atoms with Crippen molar-refractivity contribution in [2.24, 2.45) is 5.92 Å². The number of benzene rings is 2. The van der Waals surface area contributed by atoms with Crippen LogP contribution in [-0.4, -0.2) is 55.1 Å². The van der Waals surface area contributed by atoms with Gasteiger partial charge in [0.25, 0.3) is 0 Å². The van der Waals surface area contributed by atoms with Gasteiger partial charge in [-0.1, -0.05) is 61.5 Å². The first kappa shape index (κ1) is 25.7. The third kappa shape index (κ3) is 6.59. The van der Waals surface area contributed by atoms with Crippen LogP contribution in [0.3, 0.4) is 0 Å². The van der Waals surface area contributed by atoms with E-state index < -0.39 is 41.9 Å². The average molecular weight is 483 g/mol. The number of carbonyl (C=O) groups is 4. The fourth-order valence-electron chi connectivity index (χ4n) is 4.03. The van der Waals surface area contributed by atoms with Crippen molar-refractivity contribution in [1.29, 1.82) is 0 Å². The molecule has 0 fully saturated rings. The number of ether oxygens (including phenoxy) is 3. The molecule has 3 rings (SSSR count). The minimum absolute atomic E-state index is 0.0626. The monoisotopic (exact) mass is 482 g/mol. The number of methoxy groups -OCH3 is 2. The van der Waals surface area contributed by atoms with Crippen molar-refractivity contribution in [2.45, 2.75) is 45.0 Å². The summed E-state index contributed by atoms with van der Waals surface area (Å²) in [4.78, 5) is 52.0. The maximum Gasteiger partial charge on any atom is 0.411 e. The van der Waals surface area contributed by atoms with Gasteiger partial charge in [-0.05, 0) is 22.6 Å². The molecule has 0 radical (unpaired) electrons. The van der Waals surface area contributed by atoms with Gasteiger partial charge in [-0.2, -0.15) is 0 Å². The van der Waals surface area contributed by atoms with E-state index in [1.807, 2.05) is 54.6 Å². The highest BCUT2D eigenvalue weighted by Gasteiger charge is 2.38. The van der Waals surface area contributed by atoms with E-state index in [9.17, 15) is 19.2 Å². The number of hydrogen-bond acceptors (Lipinski definition) is 7. The molecule has 9 nitrogen and oxygen atoms in total. The van der Waals surface area contributed by atoms with Crippen LogP contribution in [0.5, 0.6) is 0 Å². The topological polar surface area (TPSA) is 111 Å². The van der Waals surface area contributed by atoms with Gasteiger partial charge in [0.1, 0.15) is 18.7 Å². The number of esters is 2. The lowest BCUT2D eigenvalue weighted by Crippen LogP contribution is -2.57. The first-order valence-electron chi connectivity index (χ1n) is 11.3. The second-order valence-electron chi connectivity index (χ2n) is 8.42. The van der Waals surface area contributed by atoms with Crippen LogP contribution >= 0.6 is 0 Å². The van der Waals surface area contributed by atoms with Crippen LogP contribution in [0.1, 0.15) is 30.0 Å². The summed E-state index contributed by atoms with van der Waals surface area (Å²) in [6.07, 6.45) is -0.477. The fraction of sp³-hybridized carbons (Fsp3) is 0.385. The molecule has 35 heavy (non-hydrogen) atoms. The molecule has 0 spiro atoms. The predicted octanol–water partition coefficient (Wildman–Crippen LogP) is 2.61. The molecule has 186 valence electrons. The molecule has 3 atom stereocenters. The van der Waals surface area contributed by atoms with Crippen molar-refractivity contribution in [3.8, 4) is 0 Å². The van der Waals surface area contributed by atoms with Gasteiger partial charge in [0.15, 0.2) is 0 Å². The van der Waals surface area contributed by atoms with Crippen LogP contribution < -0.4 is 5.32 Å². The van der Waals surface area contributed by atoms with Crippen molar-refractivity contribution >= 4 is 23.9 Å². The molecule has 2 aromatic rings. The highest BCUT2D eigenvalue weighted by Crippen LogP contribution is 2.25. The number of carbonyl (C=O) groups excluding carboxylic acids is 4. The largest absolute Gasteiger partial charge is 0.469 e. The molecular formula is C26H30N2O7. The predicted molar refractivity (Wildman–Crippen MR) is 126 cm³/mol. The Kier molecular flexibility index (Phi) is 8.83. The minimum atomic E-state index is -1.09. The Morgan fingerprint density at radius 2 is 1.63 bits per heavy atom. The summed E-state index contributed by atoms with van der Waals surface area (Å²) in [5.74, 6) is -2.33. The minimum Gasteiger partial charge on any atom is -0.469 e. The van der Waals surface area contributed by atoms with Gasteiger partial charge in [-0.3, -0.25) is 14.5 Å². The zero-order chi connectivity index (χ0) is 25.4. The summed E-state index contributed by atoms with van der Waals surface area (Å²) >= 11 is 0. The maximum absolute atomic E-state index is 13.4. The number of nitrogens with one attached hydrogen (secondary N) is 1. The van der Waals surface area contributed by atoms with Crippen molar-refractivity contribution in [1.82, 2.24) is 10.2 Å². The van der Waals surface area contributed by atoms with E-state index in [1.54, 1.807) is 6.92 Å². The molecule has 9 heteroatoms. The highest BCUT2D eigenvalue weighted by molar-refractivity contribution is 5.90. The first-order chi connectivity index (χ1) is 16.8. The Bertz CT molecular complexity index is 1060. The number of fused-ring (bicyclic) bond motifs is 1. The summed E-state index contributed by atoms with van der Waals surface area (Å²) in [6, 6.07) is 14.8. The van der Waals surface area contributed by atoms with Crippen LogP contribution in [0.15, 0.2) is 54.6 Å². The lowest BCUT2D eigenvalue weighted by Gasteiger charge is -2.36. The third-order valence-electron chi connectivity index (χ3n) is 6.03. The molecular weight excluding hydrogens is 452 g/mol. The first-order valence-corrected chi connectivity index (χ1v) is 11.3. The van der Waals surface area contributed by atoms with Gasteiger partial charge >= 0.3 is 18.0 Å². The molecule has 0 aromatic heterocycles. The number of amides is 2. The third-order valence-corrected chi connectivity index (χ3v) is 6.03. The molecule has 0 saturated carbocycles. The Morgan fingerprint density at radius 3 is 2.29 bits per heavy atom. The smallest absolute Gasteiger partial charge is 0.411 e. The zero-order valence-corrected chi connectivity index (χ0v) is 20.1. The second kappa shape index (κ2) is 12.0. The van der Waals surface area contributed by atoms with Gasteiger partial charge < -0.3 is 19.5 Å². The summed E-state index contributed by atoms with van der Waals surface area (Å²) in [5, 5.41) is 2.69. The van der Waals surface area contributed by atoms with E-state index in [1.165, 1.54) is 19.1 Å². The van der Waals surface area contributed by atoms with E-state index in [-0.39, 0.29) is 26.0 Å².